The van der Waals surface area contributed by atoms with E-state index < -0.39 is 7.12 Å². The minimum Gasteiger partial charge on any atom is -0.423 e. The second kappa shape index (κ2) is 6.68. The lowest BCUT2D eigenvalue weighted by molar-refractivity contribution is 0.0475. The highest BCUT2D eigenvalue weighted by molar-refractivity contribution is 6.59. The number of ether oxygens (including phenoxy) is 1. The van der Waals surface area contributed by atoms with Crippen molar-refractivity contribution >= 4 is 12.6 Å². The minimum atomic E-state index is -1.43. The number of rotatable bonds is 6. The van der Waals surface area contributed by atoms with Crippen LogP contribution in [-0.4, -0.2) is 23.3 Å². The lowest BCUT2D eigenvalue weighted by Crippen LogP contribution is -2.33. The number of hydrogen-bond donors (Lipinski definition) is 2. The van der Waals surface area contributed by atoms with Crippen molar-refractivity contribution in [2.45, 2.75) is 39.4 Å². The summed E-state index contributed by atoms with van der Waals surface area (Å²) in [5.41, 5.74) is 1.35. The summed E-state index contributed by atoms with van der Waals surface area (Å²) in [4.78, 5) is 0. The van der Waals surface area contributed by atoms with Crippen molar-refractivity contribution in [3.8, 4) is 0 Å². The van der Waals surface area contributed by atoms with Crippen LogP contribution in [0.25, 0.3) is 0 Å². The summed E-state index contributed by atoms with van der Waals surface area (Å²) in [5, 5.41) is 18.3. The average Bonchev–Trinajstić information content (AvgIpc) is 2.27. The predicted molar refractivity (Wildman–Crippen MR) is 65.4 cm³/mol. The normalized spacial score (nSPS) is 12.5. The fourth-order valence-electron chi connectivity index (χ4n) is 1.64. The van der Waals surface area contributed by atoms with Gasteiger partial charge in [-0.25, -0.2) is 0 Å². The van der Waals surface area contributed by atoms with Gasteiger partial charge in [-0.2, -0.15) is 0 Å². The van der Waals surface area contributed by atoms with Crippen LogP contribution >= 0.6 is 0 Å². The fraction of sp³-hybridized carbons (Fsp3) is 0.500. The first-order chi connectivity index (χ1) is 7.65. The quantitative estimate of drug-likeness (QED) is 0.708. The summed E-state index contributed by atoms with van der Waals surface area (Å²) >= 11 is 0. The highest BCUT2D eigenvalue weighted by Gasteiger charge is 2.15. The zero-order valence-electron chi connectivity index (χ0n) is 9.89. The van der Waals surface area contributed by atoms with Crippen molar-refractivity contribution in [1.29, 1.82) is 0 Å². The highest BCUT2D eigenvalue weighted by Crippen LogP contribution is 2.06. The minimum absolute atomic E-state index is 0.203. The molecule has 1 unspecified atom stereocenters. The molecule has 0 aromatic heterocycles. The zero-order chi connectivity index (χ0) is 12.0. The first-order valence-corrected chi connectivity index (χ1v) is 5.70. The monoisotopic (exact) mass is 222 g/mol. The molecule has 1 rings (SSSR count). The van der Waals surface area contributed by atoms with Crippen LogP contribution < -0.4 is 5.46 Å². The summed E-state index contributed by atoms with van der Waals surface area (Å²) in [7, 11) is -1.43. The van der Waals surface area contributed by atoms with Gasteiger partial charge in [-0.05, 0) is 24.4 Å². The fourth-order valence-corrected chi connectivity index (χ4v) is 1.64. The van der Waals surface area contributed by atoms with Crippen LogP contribution in [0.1, 0.15) is 32.3 Å². The van der Waals surface area contributed by atoms with Gasteiger partial charge in [0.2, 0.25) is 0 Å². The molecule has 0 radical (unpaired) electrons. The molecular weight excluding hydrogens is 203 g/mol. The van der Waals surface area contributed by atoms with E-state index in [2.05, 4.69) is 6.92 Å². The molecule has 3 nitrogen and oxygen atoms in total. The van der Waals surface area contributed by atoms with Gasteiger partial charge in [0.15, 0.2) is 0 Å². The Kier molecular flexibility index (Phi) is 5.53. The van der Waals surface area contributed by atoms with Gasteiger partial charge in [0.05, 0.1) is 12.7 Å². The average molecular weight is 222 g/mol. The van der Waals surface area contributed by atoms with E-state index in [0.29, 0.717) is 12.1 Å². The van der Waals surface area contributed by atoms with E-state index in [9.17, 15) is 10.0 Å². The van der Waals surface area contributed by atoms with Crippen LogP contribution in [0.3, 0.4) is 0 Å². The Labute approximate surface area is 97.2 Å². The van der Waals surface area contributed by atoms with Crippen molar-refractivity contribution < 1.29 is 14.8 Å². The zero-order valence-corrected chi connectivity index (χ0v) is 9.89. The predicted octanol–water partition coefficient (Wildman–Crippen LogP) is 1.07. The first kappa shape index (κ1) is 13.2. The Bertz CT molecular complexity index is 315. The molecular formula is C12H19BO3. The molecule has 4 heteroatoms. The Balaban J connectivity index is 2.59. The summed E-state index contributed by atoms with van der Waals surface area (Å²) in [6.45, 7) is 4.57. The van der Waals surface area contributed by atoms with Crippen LogP contribution in [0.4, 0.5) is 0 Å². The molecule has 1 aromatic rings. The second-order valence-corrected chi connectivity index (χ2v) is 3.98. The second-order valence-electron chi connectivity index (χ2n) is 3.98. The molecule has 1 aromatic carbocycles. The summed E-state index contributed by atoms with van der Waals surface area (Å²) in [6, 6.07) is 7.21. The van der Waals surface area contributed by atoms with Gasteiger partial charge >= 0.3 is 7.12 Å². The first-order valence-electron chi connectivity index (χ1n) is 5.70. The van der Waals surface area contributed by atoms with E-state index in [1.54, 1.807) is 12.1 Å². The number of hydrogen-bond acceptors (Lipinski definition) is 3. The molecule has 0 aliphatic rings. The molecule has 0 fully saturated rings. The van der Waals surface area contributed by atoms with E-state index in [4.69, 9.17) is 4.74 Å². The summed E-state index contributed by atoms with van der Waals surface area (Å²) in [5.74, 6) is 0. The molecule has 0 amide bonds. The van der Waals surface area contributed by atoms with Crippen molar-refractivity contribution in [2.24, 2.45) is 0 Å². The summed E-state index contributed by atoms with van der Waals surface area (Å²) < 4.78 is 5.64. The standard InChI is InChI=1S/C12H19BO3/c1-3-6-10(2)16-9-11-7-4-5-8-12(11)13(14)15/h4-5,7-8,10,14-15H,3,6,9H2,1-2H3. The van der Waals surface area contributed by atoms with Crippen molar-refractivity contribution in [3.05, 3.63) is 29.8 Å². The highest BCUT2D eigenvalue weighted by atomic mass is 16.5. The summed E-state index contributed by atoms with van der Waals surface area (Å²) in [6.07, 6.45) is 2.31. The Hall–Kier alpha value is -0.835. The van der Waals surface area contributed by atoms with E-state index in [-0.39, 0.29) is 6.10 Å². The van der Waals surface area contributed by atoms with E-state index in [1.807, 2.05) is 19.1 Å². The maximum Gasteiger partial charge on any atom is 0.488 e. The molecule has 0 spiro atoms. The Morgan fingerprint density at radius 2 is 2.00 bits per heavy atom. The Morgan fingerprint density at radius 3 is 2.62 bits per heavy atom. The van der Waals surface area contributed by atoms with Gasteiger partial charge in [-0.15, -0.1) is 0 Å². The lowest BCUT2D eigenvalue weighted by Gasteiger charge is -2.14. The molecule has 0 bridgehead atoms. The third kappa shape index (κ3) is 3.97. The molecule has 0 saturated carbocycles. The number of benzene rings is 1. The maximum atomic E-state index is 9.17. The third-order valence-corrected chi connectivity index (χ3v) is 2.55. The molecule has 1 atom stereocenters. The SMILES string of the molecule is CCCC(C)OCc1ccccc1B(O)O. The lowest BCUT2D eigenvalue weighted by atomic mass is 9.77. The van der Waals surface area contributed by atoms with E-state index in [1.165, 1.54) is 0 Å². The van der Waals surface area contributed by atoms with Crippen LogP contribution in [0, 0.1) is 0 Å². The smallest absolute Gasteiger partial charge is 0.423 e. The van der Waals surface area contributed by atoms with Gasteiger partial charge in [0.1, 0.15) is 0 Å². The van der Waals surface area contributed by atoms with Crippen molar-refractivity contribution in [3.63, 3.8) is 0 Å². The Morgan fingerprint density at radius 1 is 1.31 bits per heavy atom. The molecule has 2 N–H and O–H groups in total. The molecule has 0 aliphatic heterocycles. The van der Waals surface area contributed by atoms with Crippen LogP contribution in [0.2, 0.25) is 0 Å². The van der Waals surface area contributed by atoms with E-state index in [0.717, 1.165) is 18.4 Å². The van der Waals surface area contributed by atoms with Gasteiger partial charge in [0, 0.05) is 0 Å². The maximum absolute atomic E-state index is 9.17. The van der Waals surface area contributed by atoms with Gasteiger partial charge in [-0.3, -0.25) is 0 Å². The largest absolute Gasteiger partial charge is 0.488 e. The molecule has 0 saturated heterocycles. The van der Waals surface area contributed by atoms with Crippen molar-refractivity contribution in [1.82, 2.24) is 0 Å². The van der Waals surface area contributed by atoms with E-state index >= 15 is 0 Å². The van der Waals surface area contributed by atoms with Gasteiger partial charge < -0.3 is 14.8 Å². The van der Waals surface area contributed by atoms with Gasteiger partial charge in [0.25, 0.3) is 0 Å². The topological polar surface area (TPSA) is 49.7 Å². The molecule has 88 valence electrons. The van der Waals surface area contributed by atoms with Crippen molar-refractivity contribution in [2.75, 3.05) is 0 Å². The van der Waals surface area contributed by atoms with Crippen LogP contribution in [0.15, 0.2) is 24.3 Å². The molecule has 16 heavy (non-hydrogen) atoms. The van der Waals surface area contributed by atoms with Crippen LogP contribution in [0.5, 0.6) is 0 Å². The molecule has 0 heterocycles. The third-order valence-electron chi connectivity index (χ3n) is 2.55. The van der Waals surface area contributed by atoms with Crippen LogP contribution in [-0.2, 0) is 11.3 Å². The van der Waals surface area contributed by atoms with Gasteiger partial charge in [-0.1, -0.05) is 37.6 Å². The molecule has 0 aliphatic carbocycles.